The molecule has 2 heterocycles. The van der Waals surface area contributed by atoms with Crippen LogP contribution in [0.1, 0.15) is 43.2 Å². The summed E-state index contributed by atoms with van der Waals surface area (Å²) in [5, 5.41) is 0. The van der Waals surface area contributed by atoms with Crippen LogP contribution in [0.25, 0.3) is 0 Å². The zero-order valence-corrected chi connectivity index (χ0v) is 21.7. The van der Waals surface area contributed by atoms with Crippen molar-refractivity contribution < 1.29 is 13.2 Å². The lowest BCUT2D eigenvalue weighted by atomic mass is 9.96. The van der Waals surface area contributed by atoms with Crippen molar-refractivity contribution in [3.8, 4) is 0 Å². The van der Waals surface area contributed by atoms with Crippen LogP contribution in [0.4, 0.5) is 0 Å². The van der Waals surface area contributed by atoms with Gasteiger partial charge >= 0.3 is 0 Å². The number of carbonyl (C=O) groups excluding carboxylic acids is 1. The molecule has 0 unspecified atom stereocenters. The first kappa shape index (κ1) is 25.6. The van der Waals surface area contributed by atoms with Gasteiger partial charge in [-0.1, -0.05) is 43.5 Å². The van der Waals surface area contributed by atoms with E-state index in [4.69, 9.17) is 0 Å². The van der Waals surface area contributed by atoms with Gasteiger partial charge in [0.05, 0.1) is 6.54 Å². The second-order valence-corrected chi connectivity index (χ2v) is 12.1. The quantitative estimate of drug-likeness (QED) is 0.582. The maximum Gasteiger partial charge on any atom is 0.282 e. The van der Waals surface area contributed by atoms with E-state index < -0.39 is 10.2 Å². The van der Waals surface area contributed by atoms with E-state index in [1.807, 2.05) is 4.90 Å². The Labute approximate surface area is 205 Å². The number of carbonyl (C=O) groups is 1. The molecule has 8 nitrogen and oxygen atoms in total. The lowest BCUT2D eigenvalue weighted by Gasteiger charge is -2.39. The second kappa shape index (κ2) is 11.5. The fraction of sp³-hybridized carbons (Fsp3) is 0.720. The van der Waals surface area contributed by atoms with E-state index in [1.54, 1.807) is 15.7 Å². The average Bonchev–Trinajstić information content (AvgIpc) is 2.86. The Morgan fingerprint density at radius 2 is 1.53 bits per heavy atom. The first-order chi connectivity index (χ1) is 16.3. The number of piperazine rings is 2. The Kier molecular flexibility index (Phi) is 8.63. The predicted molar refractivity (Wildman–Crippen MR) is 135 cm³/mol. The third kappa shape index (κ3) is 6.18. The van der Waals surface area contributed by atoms with Crippen LogP contribution in [0.5, 0.6) is 0 Å². The van der Waals surface area contributed by atoms with Gasteiger partial charge in [0, 0.05) is 72.0 Å². The van der Waals surface area contributed by atoms with Crippen molar-refractivity contribution >= 4 is 16.1 Å². The Balaban J connectivity index is 1.20. The lowest BCUT2D eigenvalue weighted by Crippen LogP contribution is -2.56. The summed E-state index contributed by atoms with van der Waals surface area (Å²) in [7, 11) is -1.69. The van der Waals surface area contributed by atoms with Crippen LogP contribution in [-0.4, -0.2) is 110 Å². The van der Waals surface area contributed by atoms with E-state index >= 15 is 0 Å². The highest BCUT2D eigenvalue weighted by Gasteiger charge is 2.35. The lowest BCUT2D eigenvalue weighted by molar-refractivity contribution is -0.134. The van der Waals surface area contributed by atoms with Gasteiger partial charge < -0.3 is 4.90 Å². The van der Waals surface area contributed by atoms with Gasteiger partial charge in [-0.25, -0.2) is 0 Å². The van der Waals surface area contributed by atoms with E-state index in [-0.39, 0.29) is 11.9 Å². The van der Waals surface area contributed by atoms with E-state index in [2.05, 4.69) is 41.0 Å². The van der Waals surface area contributed by atoms with Gasteiger partial charge in [-0.2, -0.15) is 17.0 Å². The minimum Gasteiger partial charge on any atom is -0.339 e. The molecule has 2 saturated heterocycles. The maximum absolute atomic E-state index is 13.1. The van der Waals surface area contributed by atoms with Gasteiger partial charge in [0.15, 0.2) is 0 Å². The average molecular weight is 492 g/mol. The molecule has 3 fully saturated rings. The molecule has 190 valence electrons. The van der Waals surface area contributed by atoms with Gasteiger partial charge in [0.25, 0.3) is 10.2 Å². The minimum absolute atomic E-state index is 0.128. The van der Waals surface area contributed by atoms with Crippen LogP contribution in [0.2, 0.25) is 0 Å². The van der Waals surface area contributed by atoms with Crippen LogP contribution in [0.3, 0.4) is 0 Å². The smallest absolute Gasteiger partial charge is 0.282 e. The molecule has 1 aromatic carbocycles. The molecule has 0 N–H and O–H groups in total. The summed E-state index contributed by atoms with van der Waals surface area (Å²) < 4.78 is 29.4. The molecule has 0 radical (unpaired) electrons. The summed E-state index contributed by atoms with van der Waals surface area (Å²) in [6, 6.07) is 8.61. The summed E-state index contributed by atoms with van der Waals surface area (Å²) in [6.45, 7) is 8.87. The first-order valence-electron chi connectivity index (χ1n) is 12.8. The molecule has 1 saturated carbocycles. The summed E-state index contributed by atoms with van der Waals surface area (Å²) >= 11 is 0. The van der Waals surface area contributed by atoms with Gasteiger partial charge in [0.1, 0.15) is 0 Å². The van der Waals surface area contributed by atoms with E-state index in [0.29, 0.717) is 32.7 Å². The van der Waals surface area contributed by atoms with Crippen molar-refractivity contribution in [2.75, 3.05) is 66.0 Å². The summed E-state index contributed by atoms with van der Waals surface area (Å²) in [6.07, 6.45) is 5.35. The second-order valence-electron chi connectivity index (χ2n) is 10.1. The molecule has 0 spiro atoms. The fourth-order valence-corrected chi connectivity index (χ4v) is 6.99. The van der Waals surface area contributed by atoms with Crippen LogP contribution in [0, 0.1) is 6.92 Å². The monoisotopic (exact) mass is 491 g/mol. The molecule has 9 heteroatoms. The van der Waals surface area contributed by atoms with Crippen molar-refractivity contribution in [2.24, 2.45) is 0 Å². The van der Waals surface area contributed by atoms with Gasteiger partial charge in [0.2, 0.25) is 5.91 Å². The normalized spacial score (nSPS) is 22.4. The number of amides is 1. The molecular weight excluding hydrogens is 450 g/mol. The highest BCUT2D eigenvalue weighted by molar-refractivity contribution is 7.86. The van der Waals surface area contributed by atoms with Crippen molar-refractivity contribution in [1.29, 1.82) is 0 Å². The number of hydrogen-bond acceptors (Lipinski definition) is 5. The van der Waals surface area contributed by atoms with Crippen molar-refractivity contribution in [3.63, 3.8) is 0 Å². The molecule has 3 aliphatic rings. The van der Waals surface area contributed by atoms with Crippen molar-refractivity contribution in [1.82, 2.24) is 23.3 Å². The molecule has 0 bridgehead atoms. The first-order valence-corrected chi connectivity index (χ1v) is 14.2. The van der Waals surface area contributed by atoms with Crippen LogP contribution in [0.15, 0.2) is 24.3 Å². The van der Waals surface area contributed by atoms with Gasteiger partial charge in [-0.05, 0) is 30.9 Å². The van der Waals surface area contributed by atoms with Crippen LogP contribution < -0.4 is 0 Å². The van der Waals surface area contributed by atoms with E-state index in [1.165, 1.54) is 17.5 Å². The summed E-state index contributed by atoms with van der Waals surface area (Å²) in [5.41, 5.74) is 2.66. The van der Waals surface area contributed by atoms with Gasteiger partial charge in [-0.3, -0.25) is 14.6 Å². The Morgan fingerprint density at radius 1 is 0.912 bits per heavy atom. The minimum atomic E-state index is -3.43. The number of nitrogens with zero attached hydrogens (tertiary/aromatic N) is 5. The molecule has 0 atom stereocenters. The van der Waals surface area contributed by atoms with Gasteiger partial charge in [-0.15, -0.1) is 0 Å². The fourth-order valence-electron chi connectivity index (χ4n) is 5.41. The number of hydrogen-bond donors (Lipinski definition) is 0. The third-order valence-electron chi connectivity index (χ3n) is 7.85. The zero-order valence-electron chi connectivity index (χ0n) is 20.9. The van der Waals surface area contributed by atoms with Crippen molar-refractivity contribution in [3.05, 3.63) is 35.4 Å². The Hall–Kier alpha value is -1.52. The van der Waals surface area contributed by atoms with E-state index in [0.717, 1.165) is 58.4 Å². The molecule has 4 rings (SSSR count). The molecular formula is C25H41N5O3S. The zero-order chi connectivity index (χ0) is 24.1. The maximum atomic E-state index is 13.1. The SMILES string of the molecule is Cc1ccccc1CN1CCN(C(=O)CN2CCN(S(=O)(=O)N(C)C3CCCCC3)CC2)CC1. The standard InChI is InChI=1S/C25H41N5O3S/c1-22-8-6-7-9-23(22)20-27-12-16-29(17-13-27)25(31)21-28-14-18-30(19-15-28)34(32,33)26(2)24-10-4-3-5-11-24/h6-9,24H,3-5,10-21H2,1-2H3. The van der Waals surface area contributed by atoms with E-state index in [9.17, 15) is 13.2 Å². The summed E-state index contributed by atoms with van der Waals surface area (Å²) in [4.78, 5) is 19.4. The number of aryl methyl sites for hydroxylation is 1. The molecule has 34 heavy (non-hydrogen) atoms. The Morgan fingerprint density at radius 3 is 2.18 bits per heavy atom. The topological polar surface area (TPSA) is 67.4 Å². The highest BCUT2D eigenvalue weighted by atomic mass is 32.2. The predicted octanol–water partition coefficient (Wildman–Crippen LogP) is 1.77. The molecule has 1 aromatic rings. The molecule has 0 aromatic heterocycles. The molecule has 1 amide bonds. The third-order valence-corrected chi connectivity index (χ3v) is 9.89. The van der Waals surface area contributed by atoms with Crippen LogP contribution >= 0.6 is 0 Å². The number of rotatable bonds is 7. The molecule has 2 aliphatic heterocycles. The largest absolute Gasteiger partial charge is 0.339 e. The molecule has 1 aliphatic carbocycles. The number of benzene rings is 1. The van der Waals surface area contributed by atoms with Crippen LogP contribution in [-0.2, 0) is 21.5 Å². The highest BCUT2D eigenvalue weighted by Crippen LogP contribution is 2.25. The summed E-state index contributed by atoms with van der Waals surface area (Å²) in [5.74, 6) is 0.158. The Bertz CT molecular complexity index is 918. The van der Waals surface area contributed by atoms with Crippen molar-refractivity contribution in [2.45, 2.75) is 51.6 Å².